The van der Waals surface area contributed by atoms with Gasteiger partial charge in [-0.1, -0.05) is 29.8 Å². The maximum Gasteiger partial charge on any atom is 0.124 e. The highest BCUT2D eigenvalue weighted by Crippen LogP contribution is 2.41. The van der Waals surface area contributed by atoms with E-state index < -0.39 is 6.10 Å². The molecule has 0 amide bonds. The number of fused-ring (bicyclic) bond motifs is 1. The summed E-state index contributed by atoms with van der Waals surface area (Å²) in [7, 11) is 0. The van der Waals surface area contributed by atoms with Crippen LogP contribution in [-0.4, -0.2) is 53.1 Å². The monoisotopic (exact) mass is 403 g/mol. The number of benzene rings is 2. The van der Waals surface area contributed by atoms with Crippen molar-refractivity contribution < 1.29 is 19.7 Å². The third kappa shape index (κ3) is 4.28. The number of piperidine rings is 1. The third-order valence-corrected chi connectivity index (χ3v) is 5.91. The summed E-state index contributed by atoms with van der Waals surface area (Å²) in [5.74, 6) is 1.58. The van der Waals surface area contributed by atoms with Crippen molar-refractivity contribution in [3.05, 3.63) is 58.6 Å². The maximum atomic E-state index is 10.4. The van der Waals surface area contributed by atoms with Gasteiger partial charge in [0.15, 0.2) is 0 Å². The second-order valence-corrected chi connectivity index (χ2v) is 8.18. The number of nitrogens with zero attached hydrogens (tertiary/aromatic N) is 1. The highest BCUT2D eigenvalue weighted by atomic mass is 35.5. The van der Waals surface area contributed by atoms with Gasteiger partial charge in [-0.15, -0.1) is 0 Å². The summed E-state index contributed by atoms with van der Waals surface area (Å²) in [6, 6.07) is 13.2. The highest BCUT2D eigenvalue weighted by Gasteiger charge is 2.42. The van der Waals surface area contributed by atoms with E-state index in [-0.39, 0.29) is 18.8 Å². The van der Waals surface area contributed by atoms with Crippen molar-refractivity contribution in [1.82, 2.24) is 4.90 Å². The molecule has 2 aliphatic heterocycles. The number of likely N-dealkylation sites (tertiary alicyclic amines) is 1. The molecule has 28 heavy (non-hydrogen) atoms. The summed E-state index contributed by atoms with van der Waals surface area (Å²) < 4.78 is 12.0. The lowest BCUT2D eigenvalue weighted by Crippen LogP contribution is -2.49. The molecule has 150 valence electrons. The van der Waals surface area contributed by atoms with Gasteiger partial charge >= 0.3 is 0 Å². The number of β-amino-alcohol motifs (C(OH)–C–C–N with tert-alkyl or cyclic N) is 1. The van der Waals surface area contributed by atoms with Gasteiger partial charge in [-0.2, -0.15) is 0 Å². The van der Waals surface area contributed by atoms with E-state index in [2.05, 4.69) is 4.90 Å². The summed E-state index contributed by atoms with van der Waals surface area (Å²) in [4.78, 5) is 2.26. The van der Waals surface area contributed by atoms with Gasteiger partial charge in [0.25, 0.3) is 0 Å². The lowest BCUT2D eigenvalue weighted by molar-refractivity contribution is -0.00207. The molecule has 5 nitrogen and oxygen atoms in total. The number of rotatable bonds is 6. The Labute approximate surface area is 170 Å². The molecule has 1 unspecified atom stereocenters. The number of ether oxygens (including phenoxy) is 2. The number of halogens is 1. The molecule has 2 N–H and O–H groups in total. The average molecular weight is 404 g/mol. The molecule has 2 aliphatic rings. The smallest absolute Gasteiger partial charge is 0.124 e. The zero-order chi connectivity index (χ0) is 19.6. The van der Waals surface area contributed by atoms with E-state index in [1.54, 1.807) is 0 Å². The number of hydrogen-bond acceptors (Lipinski definition) is 5. The average Bonchev–Trinajstić information content (AvgIpc) is 3.05. The van der Waals surface area contributed by atoms with Gasteiger partial charge in [-0.3, -0.25) is 0 Å². The predicted molar refractivity (Wildman–Crippen MR) is 108 cm³/mol. The van der Waals surface area contributed by atoms with Crippen LogP contribution in [0.25, 0.3) is 0 Å². The van der Waals surface area contributed by atoms with Crippen LogP contribution in [0.3, 0.4) is 0 Å². The van der Waals surface area contributed by atoms with Gasteiger partial charge in [-0.05, 0) is 29.8 Å². The Bertz CT molecular complexity index is 820. The molecule has 0 radical (unpaired) electrons. The van der Waals surface area contributed by atoms with Crippen LogP contribution in [0.4, 0.5) is 0 Å². The van der Waals surface area contributed by atoms with Crippen LogP contribution in [0.15, 0.2) is 42.5 Å². The van der Waals surface area contributed by atoms with E-state index >= 15 is 0 Å². The van der Waals surface area contributed by atoms with E-state index in [0.717, 1.165) is 48.7 Å². The Morgan fingerprint density at radius 1 is 1.18 bits per heavy atom. The predicted octanol–water partition coefficient (Wildman–Crippen LogP) is 3.04. The fraction of sp³-hybridized carbons (Fsp3) is 0.455. The van der Waals surface area contributed by atoms with Crippen molar-refractivity contribution in [2.75, 3.05) is 26.2 Å². The molecule has 2 aromatic rings. The molecule has 1 atom stereocenters. The lowest BCUT2D eigenvalue weighted by Gasteiger charge is -2.39. The van der Waals surface area contributed by atoms with Crippen LogP contribution in [-0.2, 0) is 13.0 Å². The largest absolute Gasteiger partial charge is 0.490 e. The van der Waals surface area contributed by atoms with E-state index in [0.29, 0.717) is 12.3 Å². The standard InChI is InChI=1S/C22H26ClNO4/c23-18-5-6-21-17(11-18)12-22(28-21)7-9-24(10-8-22)13-19(26)15-27-20-4-2-1-3-16(20)14-25/h1-6,11,19,25-26H,7-10,12-15H2. The first kappa shape index (κ1) is 19.5. The molecule has 0 aliphatic carbocycles. The first-order valence-corrected chi connectivity index (χ1v) is 10.1. The molecule has 4 rings (SSSR count). The van der Waals surface area contributed by atoms with Crippen LogP contribution in [0.2, 0.25) is 5.02 Å². The minimum Gasteiger partial charge on any atom is -0.490 e. The van der Waals surface area contributed by atoms with Crippen molar-refractivity contribution >= 4 is 11.6 Å². The van der Waals surface area contributed by atoms with Crippen LogP contribution >= 0.6 is 11.6 Å². The number of aliphatic hydroxyl groups excluding tert-OH is 2. The van der Waals surface area contributed by atoms with E-state index in [9.17, 15) is 10.2 Å². The van der Waals surface area contributed by atoms with Gasteiger partial charge in [0.1, 0.15) is 29.8 Å². The van der Waals surface area contributed by atoms with E-state index in [4.69, 9.17) is 21.1 Å². The summed E-state index contributed by atoms with van der Waals surface area (Å²) >= 11 is 6.11. The van der Waals surface area contributed by atoms with Crippen molar-refractivity contribution in [2.24, 2.45) is 0 Å². The molecule has 0 saturated carbocycles. The first-order valence-electron chi connectivity index (χ1n) is 9.76. The second kappa shape index (κ2) is 8.29. The topological polar surface area (TPSA) is 62.2 Å². The summed E-state index contributed by atoms with van der Waals surface area (Å²) in [5.41, 5.74) is 1.79. The number of aliphatic hydroxyl groups is 2. The van der Waals surface area contributed by atoms with Crippen LogP contribution in [0.1, 0.15) is 24.0 Å². The van der Waals surface area contributed by atoms with Crippen molar-refractivity contribution in [1.29, 1.82) is 0 Å². The molecule has 2 aromatic carbocycles. The normalized spacial score (nSPS) is 19.2. The second-order valence-electron chi connectivity index (χ2n) is 7.75. The molecular weight excluding hydrogens is 378 g/mol. The Hall–Kier alpha value is -1.79. The Balaban J connectivity index is 1.26. The lowest BCUT2D eigenvalue weighted by atomic mass is 9.87. The van der Waals surface area contributed by atoms with Gasteiger partial charge in [0.2, 0.25) is 0 Å². The summed E-state index contributed by atoms with van der Waals surface area (Å²) in [5, 5.41) is 20.5. The Morgan fingerprint density at radius 3 is 2.75 bits per heavy atom. The van der Waals surface area contributed by atoms with Crippen molar-refractivity contribution in [3.63, 3.8) is 0 Å². The van der Waals surface area contributed by atoms with Crippen LogP contribution in [0.5, 0.6) is 11.5 Å². The maximum absolute atomic E-state index is 10.4. The number of para-hydroxylation sites is 1. The Morgan fingerprint density at radius 2 is 1.96 bits per heavy atom. The minimum absolute atomic E-state index is 0.0753. The van der Waals surface area contributed by atoms with Crippen molar-refractivity contribution in [3.8, 4) is 11.5 Å². The fourth-order valence-corrected chi connectivity index (χ4v) is 4.33. The molecule has 1 spiro atoms. The fourth-order valence-electron chi connectivity index (χ4n) is 4.14. The van der Waals surface area contributed by atoms with E-state index in [1.807, 2.05) is 42.5 Å². The molecule has 0 aromatic heterocycles. The Kier molecular flexibility index (Phi) is 5.78. The zero-order valence-corrected chi connectivity index (χ0v) is 16.6. The SMILES string of the molecule is OCc1ccccc1OCC(O)CN1CCC2(CC1)Cc1cc(Cl)ccc1O2. The third-order valence-electron chi connectivity index (χ3n) is 5.67. The molecule has 1 fully saturated rings. The molecular formula is C22H26ClNO4. The van der Waals surface area contributed by atoms with Crippen LogP contribution in [0, 0.1) is 0 Å². The number of hydrogen-bond donors (Lipinski definition) is 2. The zero-order valence-electron chi connectivity index (χ0n) is 15.8. The highest BCUT2D eigenvalue weighted by molar-refractivity contribution is 6.30. The minimum atomic E-state index is -0.582. The van der Waals surface area contributed by atoms with Gasteiger partial charge in [-0.25, -0.2) is 0 Å². The summed E-state index contributed by atoms with van der Waals surface area (Å²) in [6.07, 6.45) is 2.18. The van der Waals surface area contributed by atoms with Crippen molar-refractivity contribution in [2.45, 2.75) is 37.6 Å². The molecule has 1 saturated heterocycles. The summed E-state index contributed by atoms with van der Waals surface area (Å²) in [6.45, 7) is 2.46. The molecule has 2 heterocycles. The van der Waals surface area contributed by atoms with Gasteiger partial charge < -0.3 is 24.6 Å². The van der Waals surface area contributed by atoms with Crippen LogP contribution < -0.4 is 9.47 Å². The molecule has 0 bridgehead atoms. The van der Waals surface area contributed by atoms with E-state index in [1.165, 1.54) is 5.56 Å². The first-order chi connectivity index (χ1) is 13.6. The molecule has 6 heteroatoms. The van der Waals surface area contributed by atoms with Gasteiger partial charge in [0, 0.05) is 49.5 Å². The quantitative estimate of drug-likeness (QED) is 0.776. The van der Waals surface area contributed by atoms with Gasteiger partial charge in [0.05, 0.1) is 6.61 Å².